The fraction of sp³-hybridized carbons (Fsp3) is 0.941. The Morgan fingerprint density at radius 3 is 0.860 bits per heavy atom. The Labute approximate surface area is 355 Å². The van der Waals surface area contributed by atoms with Crippen LogP contribution in [0.25, 0.3) is 0 Å². The second-order valence-corrected chi connectivity index (χ2v) is 18.4. The highest BCUT2D eigenvalue weighted by Gasteiger charge is 2.19. The Kier molecular flexibility index (Phi) is 42.7. The standard InChI is InChI=1S/C51H98O6/c1-6-7-8-9-10-11-12-13-14-15-16-17-22-27-33-38-43-51(54)57-48(45-56-50(53)42-37-32-28-23-25-30-35-40-47(4)5)44-55-49(52)41-36-31-26-21-19-18-20-24-29-34-39-46(2)3/h46-48H,6-45H2,1-5H3/t48-/m0/s1. The van der Waals surface area contributed by atoms with E-state index in [9.17, 15) is 14.4 Å². The van der Waals surface area contributed by atoms with Crippen molar-refractivity contribution in [2.75, 3.05) is 13.2 Å². The summed E-state index contributed by atoms with van der Waals surface area (Å²) in [5, 5.41) is 0. The predicted molar refractivity (Wildman–Crippen MR) is 243 cm³/mol. The fourth-order valence-electron chi connectivity index (χ4n) is 7.64. The molecule has 0 aromatic heterocycles. The van der Waals surface area contributed by atoms with Gasteiger partial charge in [-0.25, -0.2) is 0 Å². The lowest BCUT2D eigenvalue weighted by molar-refractivity contribution is -0.167. The van der Waals surface area contributed by atoms with E-state index in [-0.39, 0.29) is 31.1 Å². The molecule has 0 rings (SSSR count). The van der Waals surface area contributed by atoms with Gasteiger partial charge in [-0.15, -0.1) is 0 Å². The van der Waals surface area contributed by atoms with Gasteiger partial charge in [0.05, 0.1) is 0 Å². The highest BCUT2D eigenvalue weighted by atomic mass is 16.6. The predicted octanol–water partition coefficient (Wildman–Crippen LogP) is 16.1. The van der Waals surface area contributed by atoms with Crippen LogP contribution >= 0.6 is 0 Å². The molecule has 57 heavy (non-hydrogen) atoms. The van der Waals surface area contributed by atoms with Crippen LogP contribution in [0.4, 0.5) is 0 Å². The third-order valence-corrected chi connectivity index (χ3v) is 11.5. The molecule has 1 atom stereocenters. The SMILES string of the molecule is CCCCCCCCCCCCCCCCCCC(=O)O[C@@H](COC(=O)CCCCCCCCCCCCC(C)C)COC(=O)CCCCCCCCCC(C)C. The summed E-state index contributed by atoms with van der Waals surface area (Å²) in [6, 6.07) is 0. The molecule has 0 aromatic rings. The lowest BCUT2D eigenvalue weighted by Crippen LogP contribution is -2.30. The summed E-state index contributed by atoms with van der Waals surface area (Å²) < 4.78 is 16.8. The van der Waals surface area contributed by atoms with E-state index in [2.05, 4.69) is 34.6 Å². The van der Waals surface area contributed by atoms with E-state index >= 15 is 0 Å². The Balaban J connectivity index is 4.30. The molecule has 0 bridgehead atoms. The average molecular weight is 807 g/mol. The van der Waals surface area contributed by atoms with Crippen molar-refractivity contribution in [1.82, 2.24) is 0 Å². The van der Waals surface area contributed by atoms with Crippen LogP contribution in [0.5, 0.6) is 0 Å². The van der Waals surface area contributed by atoms with E-state index < -0.39 is 6.10 Å². The van der Waals surface area contributed by atoms with Crippen LogP contribution in [0.15, 0.2) is 0 Å². The van der Waals surface area contributed by atoms with Crippen LogP contribution in [0.3, 0.4) is 0 Å². The molecule has 0 aliphatic heterocycles. The van der Waals surface area contributed by atoms with Crippen molar-refractivity contribution in [3.05, 3.63) is 0 Å². The van der Waals surface area contributed by atoms with Gasteiger partial charge in [-0.05, 0) is 31.1 Å². The lowest BCUT2D eigenvalue weighted by atomic mass is 10.0. The molecule has 6 heteroatoms. The molecule has 0 unspecified atom stereocenters. The van der Waals surface area contributed by atoms with Crippen molar-refractivity contribution in [1.29, 1.82) is 0 Å². The van der Waals surface area contributed by atoms with E-state index in [0.29, 0.717) is 19.3 Å². The molecule has 0 spiro atoms. The van der Waals surface area contributed by atoms with Gasteiger partial charge in [-0.2, -0.15) is 0 Å². The number of rotatable bonds is 45. The quantitative estimate of drug-likeness (QED) is 0.0346. The van der Waals surface area contributed by atoms with Crippen LogP contribution in [0.1, 0.15) is 279 Å². The molecule has 6 nitrogen and oxygen atoms in total. The highest BCUT2D eigenvalue weighted by molar-refractivity contribution is 5.71. The molecule has 0 aliphatic carbocycles. The second-order valence-electron chi connectivity index (χ2n) is 18.4. The van der Waals surface area contributed by atoms with Crippen molar-refractivity contribution >= 4 is 17.9 Å². The number of carbonyl (C=O) groups is 3. The topological polar surface area (TPSA) is 78.9 Å². The second kappa shape index (κ2) is 44.0. The first-order valence-corrected chi connectivity index (χ1v) is 25.2. The third kappa shape index (κ3) is 45.3. The Morgan fingerprint density at radius 2 is 0.579 bits per heavy atom. The summed E-state index contributed by atoms with van der Waals surface area (Å²) in [5.41, 5.74) is 0. The van der Waals surface area contributed by atoms with Gasteiger partial charge >= 0.3 is 17.9 Å². The van der Waals surface area contributed by atoms with E-state index in [0.717, 1.165) is 69.6 Å². The summed E-state index contributed by atoms with van der Waals surface area (Å²) in [4.78, 5) is 37.9. The Bertz CT molecular complexity index is 870. The maximum Gasteiger partial charge on any atom is 0.306 e. The van der Waals surface area contributed by atoms with Crippen LogP contribution in [0.2, 0.25) is 0 Å². The summed E-state index contributed by atoms with van der Waals surface area (Å²) in [6.07, 6.45) is 43.8. The van der Waals surface area contributed by atoms with Crippen LogP contribution in [-0.4, -0.2) is 37.2 Å². The summed E-state index contributed by atoms with van der Waals surface area (Å²) in [6.45, 7) is 11.3. The average Bonchev–Trinajstić information content (AvgIpc) is 3.18. The van der Waals surface area contributed by atoms with E-state index in [4.69, 9.17) is 14.2 Å². The maximum atomic E-state index is 12.8. The molecule has 0 N–H and O–H groups in total. The summed E-state index contributed by atoms with van der Waals surface area (Å²) in [7, 11) is 0. The van der Waals surface area contributed by atoms with Crippen LogP contribution in [0, 0.1) is 11.8 Å². The maximum absolute atomic E-state index is 12.8. The zero-order valence-corrected chi connectivity index (χ0v) is 39.0. The van der Waals surface area contributed by atoms with Gasteiger partial charge in [0.1, 0.15) is 13.2 Å². The minimum atomic E-state index is -0.761. The number of hydrogen-bond acceptors (Lipinski definition) is 6. The summed E-state index contributed by atoms with van der Waals surface area (Å²) in [5.74, 6) is 0.747. The van der Waals surface area contributed by atoms with Gasteiger partial charge < -0.3 is 14.2 Å². The van der Waals surface area contributed by atoms with Crippen LogP contribution < -0.4 is 0 Å². The largest absolute Gasteiger partial charge is 0.462 e. The molecule has 0 fully saturated rings. The van der Waals surface area contributed by atoms with Crippen molar-refractivity contribution in [2.24, 2.45) is 11.8 Å². The monoisotopic (exact) mass is 807 g/mol. The molecule has 0 aliphatic rings. The first-order chi connectivity index (χ1) is 27.7. The number of esters is 3. The number of carbonyl (C=O) groups excluding carboxylic acids is 3. The van der Waals surface area contributed by atoms with E-state index in [1.54, 1.807) is 0 Å². The van der Waals surface area contributed by atoms with Gasteiger partial charge in [0, 0.05) is 19.3 Å². The minimum absolute atomic E-state index is 0.0647. The zero-order chi connectivity index (χ0) is 41.9. The molecule has 0 saturated carbocycles. The molecule has 0 saturated heterocycles. The van der Waals surface area contributed by atoms with E-state index in [1.165, 1.54) is 167 Å². The van der Waals surface area contributed by atoms with Crippen molar-refractivity contribution in [3.8, 4) is 0 Å². The van der Waals surface area contributed by atoms with E-state index in [1.807, 2.05) is 0 Å². The number of ether oxygens (including phenoxy) is 3. The number of hydrogen-bond donors (Lipinski definition) is 0. The van der Waals surface area contributed by atoms with Gasteiger partial charge in [0.15, 0.2) is 6.10 Å². The summed E-state index contributed by atoms with van der Waals surface area (Å²) >= 11 is 0. The van der Waals surface area contributed by atoms with Crippen molar-refractivity contribution in [2.45, 2.75) is 285 Å². The van der Waals surface area contributed by atoms with Crippen molar-refractivity contribution in [3.63, 3.8) is 0 Å². The van der Waals surface area contributed by atoms with Crippen molar-refractivity contribution < 1.29 is 28.6 Å². The Hall–Kier alpha value is -1.59. The zero-order valence-electron chi connectivity index (χ0n) is 39.0. The molecular formula is C51H98O6. The number of unbranched alkanes of at least 4 members (excludes halogenated alkanes) is 30. The molecule has 0 aromatic carbocycles. The minimum Gasteiger partial charge on any atom is -0.462 e. The Morgan fingerprint density at radius 1 is 0.333 bits per heavy atom. The van der Waals surface area contributed by atoms with Gasteiger partial charge in [0.25, 0.3) is 0 Å². The molecule has 0 amide bonds. The smallest absolute Gasteiger partial charge is 0.306 e. The molecule has 338 valence electrons. The first kappa shape index (κ1) is 55.4. The fourth-order valence-corrected chi connectivity index (χ4v) is 7.64. The first-order valence-electron chi connectivity index (χ1n) is 25.2. The highest BCUT2D eigenvalue weighted by Crippen LogP contribution is 2.17. The lowest BCUT2D eigenvalue weighted by Gasteiger charge is -2.18. The molecular weight excluding hydrogens is 709 g/mol. The van der Waals surface area contributed by atoms with Gasteiger partial charge in [-0.3, -0.25) is 14.4 Å². The van der Waals surface area contributed by atoms with Crippen LogP contribution in [-0.2, 0) is 28.6 Å². The van der Waals surface area contributed by atoms with Gasteiger partial charge in [-0.1, -0.05) is 240 Å². The molecule has 0 heterocycles. The molecule has 0 radical (unpaired) electrons. The normalized spacial score (nSPS) is 12.1. The van der Waals surface area contributed by atoms with Gasteiger partial charge in [0.2, 0.25) is 0 Å². The third-order valence-electron chi connectivity index (χ3n) is 11.5.